The van der Waals surface area contributed by atoms with Crippen LogP contribution in [0.2, 0.25) is 0 Å². The molecule has 0 bridgehead atoms. The largest absolute Gasteiger partial charge is 0.298 e. The molecule has 0 saturated heterocycles. The number of hydrogen-bond donors (Lipinski definition) is 0. The number of Topliss-reactive ketones (excluding diaryl/α,β-unsaturated/α-hetero) is 1. The molecule has 0 heterocycles. The van der Waals surface area contributed by atoms with Crippen molar-refractivity contribution in [3.8, 4) is 0 Å². The molecule has 1 aromatic carbocycles. The Morgan fingerprint density at radius 2 is 1.83 bits per heavy atom. The van der Waals surface area contributed by atoms with Gasteiger partial charge in [0.2, 0.25) is 0 Å². The van der Waals surface area contributed by atoms with E-state index in [1.54, 1.807) is 20.8 Å². The van der Waals surface area contributed by atoms with E-state index in [9.17, 15) is 13.6 Å². The maximum atomic E-state index is 13.6. The lowest BCUT2D eigenvalue weighted by molar-refractivity contribution is -0.125. The first-order valence-corrected chi connectivity index (χ1v) is 7.15. The van der Waals surface area contributed by atoms with Crippen molar-refractivity contribution >= 4 is 37.6 Å². The van der Waals surface area contributed by atoms with Crippen LogP contribution in [0.5, 0.6) is 0 Å². The molecule has 0 saturated carbocycles. The molecule has 1 rings (SSSR count). The minimum atomic E-state index is -0.649. The molecule has 1 aromatic rings. The van der Waals surface area contributed by atoms with E-state index < -0.39 is 21.9 Å². The van der Waals surface area contributed by atoms with Gasteiger partial charge in [0.1, 0.15) is 11.6 Å². The highest BCUT2D eigenvalue weighted by molar-refractivity contribution is 9.10. The van der Waals surface area contributed by atoms with Crippen LogP contribution >= 0.6 is 31.9 Å². The fourth-order valence-electron chi connectivity index (χ4n) is 1.48. The Hall–Kier alpha value is -0.290. The van der Waals surface area contributed by atoms with Crippen molar-refractivity contribution in [2.75, 3.05) is 0 Å². The lowest BCUT2D eigenvalue weighted by atomic mass is 9.87. The SMILES string of the molecule is CC(C)(C)C(=O)C(Br)Cc1cc(Br)c(F)cc1F. The second-order valence-corrected chi connectivity index (χ2v) is 7.10. The molecule has 0 fully saturated rings. The molecule has 18 heavy (non-hydrogen) atoms. The van der Waals surface area contributed by atoms with Gasteiger partial charge in [0.25, 0.3) is 0 Å². The predicted octanol–water partition coefficient (Wildman–Crippen LogP) is 4.65. The van der Waals surface area contributed by atoms with E-state index in [0.717, 1.165) is 6.07 Å². The summed E-state index contributed by atoms with van der Waals surface area (Å²) in [5.41, 5.74) is -0.190. The fourth-order valence-corrected chi connectivity index (χ4v) is 2.90. The molecule has 100 valence electrons. The summed E-state index contributed by atoms with van der Waals surface area (Å²) in [4.78, 5) is 11.5. The van der Waals surface area contributed by atoms with Crippen molar-refractivity contribution in [1.29, 1.82) is 0 Å². The average Bonchev–Trinajstić information content (AvgIpc) is 2.23. The van der Waals surface area contributed by atoms with Crippen LogP contribution in [0.25, 0.3) is 0 Å². The Bertz CT molecular complexity index is 467. The number of rotatable bonds is 3. The number of ketones is 1. The summed E-state index contributed by atoms with van der Waals surface area (Å²) in [6.45, 7) is 5.42. The van der Waals surface area contributed by atoms with Gasteiger partial charge in [-0.25, -0.2) is 8.78 Å². The molecule has 0 N–H and O–H groups in total. The van der Waals surface area contributed by atoms with E-state index in [0.29, 0.717) is 5.56 Å². The Morgan fingerprint density at radius 1 is 1.28 bits per heavy atom. The number of hydrogen-bond acceptors (Lipinski definition) is 1. The Labute approximate surface area is 122 Å². The summed E-state index contributed by atoms with van der Waals surface area (Å²) in [5.74, 6) is -1.30. The smallest absolute Gasteiger partial charge is 0.152 e. The van der Waals surface area contributed by atoms with Gasteiger partial charge in [0.15, 0.2) is 5.78 Å². The van der Waals surface area contributed by atoms with Crippen LogP contribution in [-0.4, -0.2) is 10.6 Å². The quantitative estimate of drug-likeness (QED) is 0.548. The normalized spacial score (nSPS) is 13.5. The zero-order valence-corrected chi connectivity index (χ0v) is 13.5. The first kappa shape index (κ1) is 15.8. The highest BCUT2D eigenvalue weighted by atomic mass is 79.9. The van der Waals surface area contributed by atoms with E-state index in [1.165, 1.54) is 6.07 Å². The second-order valence-electron chi connectivity index (χ2n) is 5.14. The predicted molar refractivity (Wildman–Crippen MR) is 74.9 cm³/mol. The van der Waals surface area contributed by atoms with Gasteiger partial charge in [-0.2, -0.15) is 0 Å². The van der Waals surface area contributed by atoms with Crippen LogP contribution in [0.1, 0.15) is 26.3 Å². The molecule has 0 aromatic heterocycles. The number of alkyl halides is 1. The van der Waals surface area contributed by atoms with E-state index in [1.807, 2.05) is 0 Å². The zero-order chi connectivity index (χ0) is 14.1. The molecule has 0 amide bonds. The van der Waals surface area contributed by atoms with Gasteiger partial charge in [-0.05, 0) is 34.0 Å². The van der Waals surface area contributed by atoms with Crippen LogP contribution in [-0.2, 0) is 11.2 Å². The fraction of sp³-hybridized carbons (Fsp3) is 0.462. The minimum Gasteiger partial charge on any atom is -0.298 e. The molecule has 0 aliphatic rings. The van der Waals surface area contributed by atoms with Gasteiger partial charge >= 0.3 is 0 Å². The number of halogens is 4. The Morgan fingerprint density at radius 3 is 2.33 bits per heavy atom. The first-order chi connectivity index (χ1) is 8.12. The van der Waals surface area contributed by atoms with Crippen molar-refractivity contribution in [2.45, 2.75) is 32.0 Å². The molecule has 0 radical (unpaired) electrons. The van der Waals surface area contributed by atoms with Crippen LogP contribution < -0.4 is 0 Å². The third-order valence-electron chi connectivity index (χ3n) is 2.51. The van der Waals surface area contributed by atoms with Crippen molar-refractivity contribution in [3.05, 3.63) is 33.8 Å². The summed E-state index contributed by atoms with van der Waals surface area (Å²) >= 11 is 6.27. The van der Waals surface area contributed by atoms with E-state index in [4.69, 9.17) is 0 Å². The molecule has 0 spiro atoms. The molecule has 0 aliphatic carbocycles. The molecular formula is C13H14Br2F2O. The van der Waals surface area contributed by atoms with Gasteiger partial charge in [-0.3, -0.25) is 4.79 Å². The summed E-state index contributed by atoms with van der Waals surface area (Å²) in [7, 11) is 0. The maximum absolute atomic E-state index is 13.6. The van der Waals surface area contributed by atoms with Crippen LogP contribution in [0, 0.1) is 17.0 Å². The van der Waals surface area contributed by atoms with Crippen LogP contribution in [0.15, 0.2) is 16.6 Å². The van der Waals surface area contributed by atoms with Crippen LogP contribution in [0.4, 0.5) is 8.78 Å². The first-order valence-electron chi connectivity index (χ1n) is 5.44. The summed E-state index contributed by atoms with van der Waals surface area (Å²) < 4.78 is 26.8. The van der Waals surface area contributed by atoms with Crippen molar-refractivity contribution in [1.82, 2.24) is 0 Å². The van der Waals surface area contributed by atoms with Gasteiger partial charge in [0.05, 0.1) is 9.30 Å². The van der Waals surface area contributed by atoms with Gasteiger partial charge < -0.3 is 0 Å². The number of carbonyl (C=O) groups excluding carboxylic acids is 1. The van der Waals surface area contributed by atoms with Gasteiger partial charge in [-0.1, -0.05) is 36.7 Å². The maximum Gasteiger partial charge on any atom is 0.152 e. The standard InChI is InChI=1S/C13H14Br2F2O/c1-13(2,3)12(18)9(15)5-7-4-8(14)11(17)6-10(7)16/h4,6,9H,5H2,1-3H3. The van der Waals surface area contributed by atoms with Crippen molar-refractivity contribution < 1.29 is 13.6 Å². The average molecular weight is 384 g/mol. The molecule has 5 heteroatoms. The highest BCUT2D eigenvalue weighted by Gasteiger charge is 2.28. The van der Waals surface area contributed by atoms with Crippen molar-refractivity contribution in [2.24, 2.45) is 5.41 Å². The van der Waals surface area contributed by atoms with Gasteiger partial charge in [-0.15, -0.1) is 0 Å². The monoisotopic (exact) mass is 382 g/mol. The zero-order valence-electron chi connectivity index (χ0n) is 10.4. The summed E-state index contributed by atoms with van der Waals surface area (Å²) in [6, 6.07) is 2.19. The molecule has 1 unspecified atom stereocenters. The lowest BCUT2D eigenvalue weighted by Crippen LogP contribution is -2.30. The Balaban J connectivity index is 2.92. The molecule has 1 nitrogen and oxygen atoms in total. The van der Waals surface area contributed by atoms with E-state index >= 15 is 0 Å². The van der Waals surface area contributed by atoms with Crippen molar-refractivity contribution in [3.63, 3.8) is 0 Å². The second kappa shape index (κ2) is 5.78. The third kappa shape index (κ3) is 3.85. The lowest BCUT2D eigenvalue weighted by Gasteiger charge is -2.21. The molecular weight excluding hydrogens is 370 g/mol. The van der Waals surface area contributed by atoms with Gasteiger partial charge in [0, 0.05) is 11.5 Å². The van der Waals surface area contributed by atoms with E-state index in [-0.39, 0.29) is 16.7 Å². The topological polar surface area (TPSA) is 17.1 Å². The summed E-state index contributed by atoms with van der Waals surface area (Å²) in [6.07, 6.45) is 0.195. The summed E-state index contributed by atoms with van der Waals surface area (Å²) in [5, 5.41) is 0. The molecule has 1 atom stereocenters. The molecule has 0 aliphatic heterocycles. The number of benzene rings is 1. The third-order valence-corrected chi connectivity index (χ3v) is 3.86. The minimum absolute atomic E-state index is 0.0117. The number of carbonyl (C=O) groups is 1. The van der Waals surface area contributed by atoms with E-state index in [2.05, 4.69) is 31.9 Å². The van der Waals surface area contributed by atoms with Crippen LogP contribution in [0.3, 0.4) is 0 Å². The Kier molecular flexibility index (Phi) is 5.06. The highest BCUT2D eigenvalue weighted by Crippen LogP contribution is 2.26.